The van der Waals surface area contributed by atoms with Gasteiger partial charge >= 0.3 is 5.97 Å². The fourth-order valence-electron chi connectivity index (χ4n) is 3.39. The van der Waals surface area contributed by atoms with Crippen molar-refractivity contribution in [3.05, 3.63) is 83.9 Å². The Morgan fingerprint density at radius 1 is 0.966 bits per heavy atom. The van der Waals surface area contributed by atoms with Crippen LogP contribution in [-0.2, 0) is 16.0 Å². The molecule has 1 aliphatic heterocycles. The van der Waals surface area contributed by atoms with E-state index in [1.54, 1.807) is 24.3 Å². The molecule has 1 N–H and O–H groups in total. The van der Waals surface area contributed by atoms with E-state index in [0.717, 1.165) is 22.2 Å². The van der Waals surface area contributed by atoms with Crippen LogP contribution in [0.25, 0.3) is 22.6 Å². The maximum Gasteiger partial charge on any atom is 0.339 e. The quantitative estimate of drug-likeness (QED) is 0.535. The van der Waals surface area contributed by atoms with Crippen LogP contribution in [-0.4, -0.2) is 23.0 Å². The van der Waals surface area contributed by atoms with Gasteiger partial charge in [-0.05, 0) is 48.0 Å². The number of rotatable bonds is 3. The number of nitrogens with zero attached hydrogens (tertiary/aromatic N) is 1. The summed E-state index contributed by atoms with van der Waals surface area (Å²) < 4.78 is 11.1. The zero-order chi connectivity index (χ0) is 19.8. The fraction of sp³-hybridized carbons (Fsp3) is 0.0870. The number of hydrogen-bond acceptors (Lipinski definition) is 5. The van der Waals surface area contributed by atoms with Gasteiger partial charge in [0.15, 0.2) is 11.7 Å². The van der Waals surface area contributed by atoms with Gasteiger partial charge in [-0.25, -0.2) is 9.78 Å². The van der Waals surface area contributed by atoms with Gasteiger partial charge in [0.05, 0.1) is 5.56 Å². The van der Waals surface area contributed by atoms with Crippen LogP contribution in [0.4, 0.5) is 5.69 Å². The molecule has 0 fully saturated rings. The summed E-state index contributed by atoms with van der Waals surface area (Å²) >= 11 is 0. The highest BCUT2D eigenvalue weighted by Crippen LogP contribution is 2.26. The summed E-state index contributed by atoms with van der Waals surface area (Å²) in [7, 11) is 0. The minimum atomic E-state index is -0.853. The van der Waals surface area contributed by atoms with Gasteiger partial charge in [-0.3, -0.25) is 4.79 Å². The minimum Gasteiger partial charge on any atom is -0.448 e. The molecular weight excluding hydrogens is 368 g/mol. The van der Waals surface area contributed by atoms with Gasteiger partial charge < -0.3 is 14.5 Å². The van der Waals surface area contributed by atoms with Crippen molar-refractivity contribution >= 4 is 28.7 Å². The molecular formula is C23H16N2O4. The van der Waals surface area contributed by atoms with Crippen LogP contribution >= 0.6 is 0 Å². The van der Waals surface area contributed by atoms with E-state index in [1.807, 2.05) is 48.5 Å². The van der Waals surface area contributed by atoms with Gasteiger partial charge in [0.25, 0.3) is 5.91 Å². The number of carbonyl (C=O) groups excluding carboxylic acids is 2. The summed E-state index contributed by atoms with van der Waals surface area (Å²) in [5, 5.41) is 2.80. The van der Waals surface area contributed by atoms with Crippen molar-refractivity contribution in [2.75, 3.05) is 5.32 Å². The molecule has 0 aliphatic carbocycles. The van der Waals surface area contributed by atoms with Crippen molar-refractivity contribution < 1.29 is 18.7 Å². The van der Waals surface area contributed by atoms with Crippen molar-refractivity contribution in [2.24, 2.45) is 0 Å². The van der Waals surface area contributed by atoms with Gasteiger partial charge in [0.1, 0.15) is 5.52 Å². The molecule has 1 atom stereocenters. The third-order valence-electron chi connectivity index (χ3n) is 4.88. The number of oxazole rings is 1. The van der Waals surface area contributed by atoms with Crippen LogP contribution in [0.3, 0.4) is 0 Å². The Morgan fingerprint density at radius 2 is 1.72 bits per heavy atom. The molecule has 4 aromatic rings. The highest BCUT2D eigenvalue weighted by atomic mass is 16.5. The molecule has 0 spiro atoms. The molecule has 3 aromatic carbocycles. The number of aromatic nitrogens is 1. The van der Waals surface area contributed by atoms with Crippen LogP contribution < -0.4 is 5.32 Å². The normalized spacial score (nSPS) is 15.6. The Balaban J connectivity index is 1.31. The smallest absolute Gasteiger partial charge is 0.339 e. The number of fused-ring (bicyclic) bond motifs is 2. The van der Waals surface area contributed by atoms with Gasteiger partial charge in [-0.2, -0.15) is 0 Å². The molecule has 0 radical (unpaired) electrons. The number of anilines is 1. The second-order valence-electron chi connectivity index (χ2n) is 6.81. The summed E-state index contributed by atoms with van der Waals surface area (Å²) in [6.45, 7) is 0. The van der Waals surface area contributed by atoms with Crippen LogP contribution in [0, 0.1) is 0 Å². The van der Waals surface area contributed by atoms with Gasteiger partial charge in [-0.15, -0.1) is 0 Å². The van der Waals surface area contributed by atoms with E-state index in [2.05, 4.69) is 10.3 Å². The first kappa shape index (κ1) is 17.2. The number of para-hydroxylation sites is 2. The molecule has 1 aliphatic rings. The molecule has 29 heavy (non-hydrogen) atoms. The zero-order valence-corrected chi connectivity index (χ0v) is 15.3. The molecule has 142 valence electrons. The lowest BCUT2D eigenvalue weighted by Gasteiger charge is -2.23. The predicted molar refractivity (Wildman–Crippen MR) is 107 cm³/mol. The minimum absolute atomic E-state index is 0.356. The number of amides is 1. The number of carbonyl (C=O) groups is 2. The van der Waals surface area contributed by atoms with Crippen molar-refractivity contribution in [2.45, 2.75) is 12.5 Å². The van der Waals surface area contributed by atoms with E-state index in [9.17, 15) is 9.59 Å². The van der Waals surface area contributed by atoms with Crippen molar-refractivity contribution in [3.63, 3.8) is 0 Å². The monoisotopic (exact) mass is 384 g/mol. The van der Waals surface area contributed by atoms with Crippen LogP contribution in [0.5, 0.6) is 0 Å². The lowest BCUT2D eigenvalue weighted by molar-refractivity contribution is -0.125. The molecule has 1 aromatic heterocycles. The molecule has 5 rings (SSSR count). The third kappa shape index (κ3) is 3.25. The second kappa shape index (κ2) is 6.91. The molecule has 1 amide bonds. The Hall–Kier alpha value is -3.93. The zero-order valence-electron chi connectivity index (χ0n) is 15.3. The average molecular weight is 384 g/mol. The van der Waals surface area contributed by atoms with E-state index < -0.39 is 12.1 Å². The standard InChI is InChI=1S/C23H16N2O4/c26-21(20-13-15-5-1-2-6-17(15)23(27)29-20)24-16-11-9-14(10-12-16)22-25-18-7-3-4-8-19(18)28-22/h1-12,20H,13H2,(H,24,26)/t20-/m0/s1. The maximum atomic E-state index is 12.6. The number of hydrogen-bond donors (Lipinski definition) is 1. The molecule has 0 saturated carbocycles. The van der Waals surface area contributed by atoms with Crippen molar-refractivity contribution in [1.82, 2.24) is 4.98 Å². The lowest BCUT2D eigenvalue weighted by atomic mass is 9.98. The summed E-state index contributed by atoms with van der Waals surface area (Å²) in [6, 6.07) is 21.9. The Morgan fingerprint density at radius 3 is 2.55 bits per heavy atom. The first-order valence-corrected chi connectivity index (χ1v) is 9.23. The molecule has 0 saturated heterocycles. The SMILES string of the molecule is O=C1O[C@H](C(=O)Nc2ccc(-c3nc4ccccc4o3)cc2)Cc2ccccc21. The Bertz CT molecular complexity index is 1190. The van der Waals surface area contributed by atoms with Gasteiger partial charge in [0, 0.05) is 17.7 Å². The van der Waals surface area contributed by atoms with E-state index in [0.29, 0.717) is 23.6 Å². The summed E-state index contributed by atoms with van der Waals surface area (Å²) in [6.07, 6.45) is -0.497. The second-order valence-corrected chi connectivity index (χ2v) is 6.81. The first-order chi connectivity index (χ1) is 14.2. The molecule has 6 heteroatoms. The summed E-state index contributed by atoms with van der Waals surface area (Å²) in [5.41, 5.74) is 4.25. The topological polar surface area (TPSA) is 81.4 Å². The summed E-state index contributed by atoms with van der Waals surface area (Å²) in [5.74, 6) is -0.317. The van der Waals surface area contributed by atoms with Gasteiger partial charge in [0.2, 0.25) is 5.89 Å². The lowest BCUT2D eigenvalue weighted by Crippen LogP contribution is -2.37. The van der Waals surface area contributed by atoms with Crippen LogP contribution in [0.2, 0.25) is 0 Å². The van der Waals surface area contributed by atoms with Crippen molar-refractivity contribution in [1.29, 1.82) is 0 Å². The van der Waals surface area contributed by atoms with E-state index >= 15 is 0 Å². The molecule has 2 heterocycles. The largest absolute Gasteiger partial charge is 0.448 e. The average Bonchev–Trinajstić information content (AvgIpc) is 3.18. The molecule has 6 nitrogen and oxygen atoms in total. The Labute approximate surface area is 166 Å². The maximum absolute atomic E-state index is 12.6. The van der Waals surface area contributed by atoms with Gasteiger partial charge in [-0.1, -0.05) is 30.3 Å². The number of ether oxygens (including phenoxy) is 1. The van der Waals surface area contributed by atoms with Crippen LogP contribution in [0.15, 0.2) is 77.2 Å². The Kier molecular flexibility index (Phi) is 4.09. The van der Waals surface area contributed by atoms with Crippen molar-refractivity contribution in [3.8, 4) is 11.5 Å². The van der Waals surface area contributed by atoms with E-state index in [-0.39, 0.29) is 5.91 Å². The highest BCUT2D eigenvalue weighted by Gasteiger charge is 2.31. The van der Waals surface area contributed by atoms with Crippen LogP contribution in [0.1, 0.15) is 15.9 Å². The third-order valence-corrected chi connectivity index (χ3v) is 4.88. The fourth-order valence-corrected chi connectivity index (χ4v) is 3.39. The predicted octanol–water partition coefficient (Wildman–Crippen LogP) is 4.22. The van der Waals surface area contributed by atoms with E-state index in [4.69, 9.17) is 9.15 Å². The number of nitrogens with one attached hydrogen (secondary N) is 1. The summed E-state index contributed by atoms with van der Waals surface area (Å²) in [4.78, 5) is 29.1. The number of esters is 1. The number of benzene rings is 3. The molecule has 0 unspecified atom stereocenters. The first-order valence-electron chi connectivity index (χ1n) is 9.23. The highest BCUT2D eigenvalue weighted by molar-refractivity contribution is 6.00. The number of cyclic esters (lactones) is 1. The van der Waals surface area contributed by atoms with E-state index in [1.165, 1.54) is 0 Å². The molecule has 0 bridgehead atoms.